The fourth-order valence-electron chi connectivity index (χ4n) is 5.28. The van der Waals surface area contributed by atoms with E-state index in [2.05, 4.69) is 21.8 Å². The molecule has 2 fully saturated rings. The molecule has 1 aliphatic carbocycles. The van der Waals surface area contributed by atoms with Crippen molar-refractivity contribution in [1.82, 2.24) is 14.9 Å². The fourth-order valence-corrected chi connectivity index (χ4v) is 5.28. The number of likely N-dealkylation sites (tertiary alicyclic amines) is 1. The quantitative estimate of drug-likeness (QED) is 0.540. The molecular weight excluding hydrogens is 402 g/mol. The average molecular weight is 430 g/mol. The predicted molar refractivity (Wildman–Crippen MR) is 120 cm³/mol. The van der Waals surface area contributed by atoms with Crippen LogP contribution in [0.5, 0.6) is 0 Å². The maximum absolute atomic E-state index is 13.3. The maximum Gasteiger partial charge on any atom is 0.256 e. The van der Waals surface area contributed by atoms with Gasteiger partial charge in [-0.05, 0) is 67.9 Å². The molecule has 1 aliphatic heterocycles. The molecule has 6 nitrogen and oxygen atoms in total. The molecule has 1 saturated heterocycles. The lowest BCUT2D eigenvalue weighted by Crippen LogP contribution is -2.48. The summed E-state index contributed by atoms with van der Waals surface area (Å²) in [6.45, 7) is 6.75. The van der Waals surface area contributed by atoms with Gasteiger partial charge in [-0.1, -0.05) is 5.92 Å². The highest BCUT2D eigenvalue weighted by Crippen LogP contribution is 2.46. The summed E-state index contributed by atoms with van der Waals surface area (Å²) in [4.78, 5) is 48.9. The number of hydrogen-bond donors (Lipinski definition) is 0. The number of ketones is 2. The van der Waals surface area contributed by atoms with Crippen LogP contribution in [-0.4, -0.2) is 45.4 Å². The van der Waals surface area contributed by atoms with Crippen LogP contribution in [0.1, 0.15) is 71.1 Å². The Morgan fingerprint density at radius 3 is 2.12 bits per heavy atom. The molecule has 32 heavy (non-hydrogen) atoms. The van der Waals surface area contributed by atoms with Crippen molar-refractivity contribution in [2.24, 2.45) is 5.41 Å². The Morgan fingerprint density at radius 1 is 1.03 bits per heavy atom. The Bertz CT molecular complexity index is 1090. The molecule has 1 aromatic heterocycles. The normalized spacial score (nSPS) is 18.4. The Morgan fingerprint density at radius 2 is 1.59 bits per heavy atom. The number of hydrogen-bond acceptors (Lipinski definition) is 5. The summed E-state index contributed by atoms with van der Waals surface area (Å²) >= 11 is 0. The van der Waals surface area contributed by atoms with Crippen molar-refractivity contribution in [1.29, 1.82) is 0 Å². The second kappa shape index (κ2) is 8.66. The third-order valence-electron chi connectivity index (χ3n) is 6.81. The van der Waals surface area contributed by atoms with Crippen molar-refractivity contribution in [3.63, 3.8) is 0 Å². The Balaban J connectivity index is 1.49. The first-order valence-electron chi connectivity index (χ1n) is 11.0. The molecule has 2 aliphatic rings. The number of rotatable bonds is 2. The van der Waals surface area contributed by atoms with E-state index in [9.17, 15) is 14.4 Å². The third kappa shape index (κ3) is 4.08. The van der Waals surface area contributed by atoms with Crippen molar-refractivity contribution in [3.8, 4) is 11.8 Å². The van der Waals surface area contributed by atoms with Crippen LogP contribution in [0.15, 0.2) is 30.9 Å². The lowest BCUT2D eigenvalue weighted by Gasteiger charge is -2.44. The minimum absolute atomic E-state index is 0.00184. The second-order valence-corrected chi connectivity index (χ2v) is 9.04. The van der Waals surface area contributed by atoms with Crippen LogP contribution < -0.4 is 0 Å². The van der Waals surface area contributed by atoms with E-state index in [1.54, 1.807) is 11.8 Å². The van der Waals surface area contributed by atoms with Gasteiger partial charge in [-0.2, -0.15) is 0 Å². The topological polar surface area (TPSA) is 80.2 Å². The van der Waals surface area contributed by atoms with E-state index in [-0.39, 0.29) is 22.9 Å². The minimum Gasteiger partial charge on any atom is -0.339 e. The van der Waals surface area contributed by atoms with Crippen LogP contribution in [0.4, 0.5) is 0 Å². The van der Waals surface area contributed by atoms with Crippen LogP contribution in [0, 0.1) is 31.1 Å². The summed E-state index contributed by atoms with van der Waals surface area (Å²) in [6, 6.07) is 3.92. The summed E-state index contributed by atoms with van der Waals surface area (Å²) in [7, 11) is 0. The summed E-state index contributed by atoms with van der Waals surface area (Å²) in [5.41, 5.74) is 3.74. The number of carbonyl (C=O) groups excluding carboxylic acids is 3. The van der Waals surface area contributed by atoms with Crippen molar-refractivity contribution >= 4 is 17.5 Å². The van der Waals surface area contributed by atoms with E-state index in [1.165, 1.54) is 18.7 Å². The van der Waals surface area contributed by atoms with Crippen molar-refractivity contribution < 1.29 is 14.4 Å². The monoisotopic (exact) mass is 429 g/mol. The lowest BCUT2D eigenvalue weighted by atomic mass is 9.62. The largest absolute Gasteiger partial charge is 0.339 e. The van der Waals surface area contributed by atoms with Gasteiger partial charge in [-0.3, -0.25) is 14.4 Å². The molecule has 1 amide bonds. The van der Waals surface area contributed by atoms with Crippen LogP contribution in [0.3, 0.4) is 0 Å². The van der Waals surface area contributed by atoms with Gasteiger partial charge >= 0.3 is 0 Å². The van der Waals surface area contributed by atoms with Crippen molar-refractivity contribution in [2.45, 2.75) is 52.4 Å². The van der Waals surface area contributed by atoms with Crippen LogP contribution in [0.2, 0.25) is 0 Å². The van der Waals surface area contributed by atoms with Crippen LogP contribution in [-0.2, 0) is 9.59 Å². The number of piperidine rings is 1. The summed E-state index contributed by atoms with van der Waals surface area (Å²) < 4.78 is 0. The summed E-state index contributed by atoms with van der Waals surface area (Å²) in [5.74, 6) is 5.15. The number of amides is 1. The molecule has 0 N–H and O–H groups in total. The molecule has 0 atom stereocenters. The summed E-state index contributed by atoms with van der Waals surface area (Å²) in [6.07, 6.45) is 6.50. The van der Waals surface area contributed by atoms with Gasteiger partial charge < -0.3 is 4.90 Å². The molecule has 2 aromatic rings. The van der Waals surface area contributed by atoms with E-state index in [1.807, 2.05) is 26.0 Å². The molecule has 0 radical (unpaired) electrons. The zero-order valence-electron chi connectivity index (χ0n) is 18.8. The van der Waals surface area contributed by atoms with Gasteiger partial charge in [0.05, 0.1) is 5.56 Å². The Hall–Kier alpha value is -3.33. The zero-order chi connectivity index (χ0) is 22.9. The standard InChI is InChI=1S/C26H27N3O3/c1-4-5-19-10-17(2)23(18(3)11-19)24-21(30)12-26(13-22(24)31)6-8-29(9-7-26)25(32)20-14-27-16-28-15-20/h10-11,14-16,24H,6-9,12-13H2,1-3H3. The van der Waals surface area contributed by atoms with Crippen LogP contribution in [0.25, 0.3) is 0 Å². The molecule has 1 saturated carbocycles. The number of aromatic nitrogens is 2. The molecule has 1 aromatic carbocycles. The molecule has 2 heterocycles. The molecule has 0 bridgehead atoms. The molecule has 1 spiro atoms. The van der Waals surface area contributed by atoms with E-state index in [0.29, 0.717) is 44.3 Å². The van der Waals surface area contributed by atoms with E-state index in [4.69, 9.17) is 0 Å². The molecule has 0 unspecified atom stereocenters. The zero-order valence-corrected chi connectivity index (χ0v) is 18.8. The number of aryl methyl sites for hydroxylation is 2. The van der Waals surface area contributed by atoms with E-state index in [0.717, 1.165) is 22.3 Å². The first-order valence-corrected chi connectivity index (χ1v) is 11.0. The lowest BCUT2D eigenvalue weighted by molar-refractivity contribution is -0.138. The molecule has 6 heteroatoms. The molecule has 4 rings (SSSR count). The summed E-state index contributed by atoms with van der Waals surface area (Å²) in [5, 5.41) is 0. The van der Waals surface area contributed by atoms with Gasteiger partial charge in [-0.15, -0.1) is 5.92 Å². The van der Waals surface area contributed by atoms with Crippen molar-refractivity contribution in [3.05, 3.63) is 58.7 Å². The van der Waals surface area contributed by atoms with Crippen molar-refractivity contribution in [2.75, 3.05) is 13.1 Å². The number of carbonyl (C=O) groups is 3. The first-order chi connectivity index (χ1) is 15.3. The van der Waals surface area contributed by atoms with Crippen LogP contribution >= 0.6 is 0 Å². The van der Waals surface area contributed by atoms with Gasteiger partial charge in [0.25, 0.3) is 5.91 Å². The Kier molecular flexibility index (Phi) is 5.92. The highest BCUT2D eigenvalue weighted by Gasteiger charge is 2.47. The van der Waals surface area contributed by atoms with Gasteiger partial charge in [0, 0.05) is 43.9 Å². The average Bonchev–Trinajstić information content (AvgIpc) is 2.76. The predicted octanol–water partition coefficient (Wildman–Crippen LogP) is 3.40. The van der Waals surface area contributed by atoms with Gasteiger partial charge in [0.1, 0.15) is 23.8 Å². The number of Topliss-reactive ketones (excluding diaryl/α,β-unsaturated/α-hetero) is 2. The number of benzene rings is 1. The fraction of sp³-hybridized carbons (Fsp3) is 0.423. The van der Waals surface area contributed by atoms with E-state index >= 15 is 0 Å². The molecule has 164 valence electrons. The van der Waals surface area contributed by atoms with Gasteiger partial charge in [-0.25, -0.2) is 9.97 Å². The smallest absolute Gasteiger partial charge is 0.256 e. The van der Waals surface area contributed by atoms with E-state index < -0.39 is 5.92 Å². The van der Waals surface area contributed by atoms with Gasteiger partial charge in [0.15, 0.2) is 0 Å². The minimum atomic E-state index is -0.689. The second-order valence-electron chi connectivity index (χ2n) is 9.04. The van der Waals surface area contributed by atoms with Gasteiger partial charge in [0.2, 0.25) is 0 Å². The Labute approximate surface area is 188 Å². The third-order valence-corrected chi connectivity index (χ3v) is 6.81. The highest BCUT2D eigenvalue weighted by molar-refractivity contribution is 6.10. The maximum atomic E-state index is 13.3. The number of nitrogens with zero attached hydrogens (tertiary/aromatic N) is 3. The molecular formula is C26H27N3O3. The highest BCUT2D eigenvalue weighted by atomic mass is 16.2. The SMILES string of the molecule is CC#Cc1cc(C)c(C2C(=O)CC3(CCN(C(=O)c4cncnc4)CC3)CC2=O)c(C)c1. The first kappa shape index (κ1) is 21.9.